The summed E-state index contributed by atoms with van der Waals surface area (Å²) in [6, 6.07) is 19.5. The number of nitro groups is 1. The minimum Gasteiger partial charge on any atom is -0.490 e. The molecule has 4 aromatic rings. The predicted molar refractivity (Wildman–Crippen MR) is 140 cm³/mol. The van der Waals surface area contributed by atoms with Crippen molar-refractivity contribution < 1.29 is 18.8 Å². The van der Waals surface area contributed by atoms with Crippen LogP contribution in [0, 0.1) is 29.8 Å². The van der Waals surface area contributed by atoms with Gasteiger partial charge in [0.25, 0.3) is 0 Å². The molecule has 0 saturated carbocycles. The molecule has 10 heteroatoms. The Morgan fingerprint density at radius 1 is 1.03 bits per heavy atom. The monoisotopic (exact) mass is 522 g/mol. The van der Waals surface area contributed by atoms with Gasteiger partial charge in [-0.15, -0.1) is 10.2 Å². The topological polar surface area (TPSA) is 92.3 Å². The van der Waals surface area contributed by atoms with Crippen molar-refractivity contribution in [3.63, 3.8) is 0 Å². The molecule has 0 radical (unpaired) electrons. The first-order chi connectivity index (χ1) is 17.9. The van der Waals surface area contributed by atoms with E-state index in [-0.39, 0.29) is 23.9 Å². The second kappa shape index (κ2) is 11.9. The molecule has 0 aliphatic heterocycles. The maximum Gasteiger partial charge on any atom is 0.220 e. The predicted octanol–water partition coefficient (Wildman–Crippen LogP) is 6.11. The Balaban J connectivity index is 1.63. The summed E-state index contributed by atoms with van der Waals surface area (Å²) >= 11 is 1.26. The van der Waals surface area contributed by atoms with Crippen LogP contribution >= 0.6 is 11.8 Å². The highest BCUT2D eigenvalue weighted by atomic mass is 32.2. The molecular formula is C27H27FN4O4S. The van der Waals surface area contributed by atoms with Crippen LogP contribution in [0.5, 0.6) is 11.5 Å². The first-order valence-electron chi connectivity index (χ1n) is 11.8. The van der Waals surface area contributed by atoms with Crippen molar-refractivity contribution in [2.24, 2.45) is 0 Å². The molecule has 0 unspecified atom stereocenters. The van der Waals surface area contributed by atoms with E-state index in [0.29, 0.717) is 40.2 Å². The Morgan fingerprint density at radius 3 is 2.49 bits per heavy atom. The van der Waals surface area contributed by atoms with Crippen molar-refractivity contribution in [1.82, 2.24) is 14.8 Å². The van der Waals surface area contributed by atoms with E-state index in [9.17, 15) is 14.5 Å². The van der Waals surface area contributed by atoms with Gasteiger partial charge in [-0.1, -0.05) is 53.7 Å². The summed E-state index contributed by atoms with van der Waals surface area (Å²) in [6.45, 7) is 5.75. The van der Waals surface area contributed by atoms with Gasteiger partial charge in [0, 0.05) is 16.2 Å². The second-order valence-corrected chi connectivity index (χ2v) is 9.51. The van der Waals surface area contributed by atoms with E-state index < -0.39 is 5.25 Å². The van der Waals surface area contributed by atoms with E-state index in [1.165, 1.54) is 17.8 Å². The van der Waals surface area contributed by atoms with Crippen LogP contribution in [0.25, 0.3) is 5.69 Å². The van der Waals surface area contributed by atoms with Gasteiger partial charge in [-0.2, -0.15) is 0 Å². The lowest BCUT2D eigenvalue weighted by Gasteiger charge is -2.17. The van der Waals surface area contributed by atoms with Gasteiger partial charge in [0.2, 0.25) is 6.54 Å². The van der Waals surface area contributed by atoms with Crippen LogP contribution in [0.1, 0.15) is 34.7 Å². The first-order valence-corrected chi connectivity index (χ1v) is 12.6. The molecule has 0 spiro atoms. The standard InChI is InChI=1S/C27H27FN4O4S/c1-4-35-25-15-20(11-14-24(25)36-17-21-7-5-6-8-23(21)28)26(16-31(33)34)37-27-30-29-19(3)32(27)22-12-9-18(2)10-13-22/h5-15,26H,4,16-17H2,1-3H3/t26-/m0/s1. The molecule has 0 aliphatic rings. The number of halogens is 1. The summed E-state index contributed by atoms with van der Waals surface area (Å²) in [5.41, 5.74) is 3.10. The van der Waals surface area contributed by atoms with Crippen LogP contribution in [0.4, 0.5) is 4.39 Å². The molecule has 0 saturated heterocycles. The molecule has 8 nitrogen and oxygen atoms in total. The molecule has 0 N–H and O–H groups in total. The van der Waals surface area contributed by atoms with Gasteiger partial charge in [0.05, 0.1) is 6.61 Å². The first kappa shape index (κ1) is 26.2. The van der Waals surface area contributed by atoms with Gasteiger partial charge < -0.3 is 9.47 Å². The normalized spacial score (nSPS) is 11.8. The Hall–Kier alpha value is -3.92. The molecule has 1 aromatic heterocycles. The maximum absolute atomic E-state index is 14.0. The molecule has 0 fully saturated rings. The van der Waals surface area contributed by atoms with E-state index in [2.05, 4.69) is 10.2 Å². The molecule has 192 valence electrons. The zero-order valence-electron chi connectivity index (χ0n) is 20.8. The van der Waals surface area contributed by atoms with Gasteiger partial charge in [0.15, 0.2) is 16.7 Å². The Bertz CT molecular complexity index is 1380. The maximum atomic E-state index is 14.0. The third-order valence-electron chi connectivity index (χ3n) is 5.63. The number of hydrogen-bond acceptors (Lipinski definition) is 7. The molecular weight excluding hydrogens is 495 g/mol. The van der Waals surface area contributed by atoms with Crippen molar-refractivity contribution in [3.05, 3.63) is 105 Å². The van der Waals surface area contributed by atoms with Crippen LogP contribution in [0.2, 0.25) is 0 Å². The van der Waals surface area contributed by atoms with Crippen molar-refractivity contribution in [2.45, 2.75) is 37.8 Å². The van der Waals surface area contributed by atoms with Crippen LogP contribution in [0.3, 0.4) is 0 Å². The average Bonchev–Trinajstić information content (AvgIpc) is 3.24. The van der Waals surface area contributed by atoms with Gasteiger partial charge in [-0.3, -0.25) is 14.7 Å². The lowest BCUT2D eigenvalue weighted by Crippen LogP contribution is -2.12. The molecule has 1 heterocycles. The molecule has 37 heavy (non-hydrogen) atoms. The fourth-order valence-electron chi connectivity index (χ4n) is 3.77. The summed E-state index contributed by atoms with van der Waals surface area (Å²) in [4.78, 5) is 11.3. The Kier molecular flexibility index (Phi) is 8.39. The van der Waals surface area contributed by atoms with E-state index >= 15 is 0 Å². The molecule has 1 atom stereocenters. The van der Waals surface area contributed by atoms with Gasteiger partial charge in [0.1, 0.15) is 23.5 Å². The SMILES string of the molecule is CCOc1cc([C@H](C[N+](=O)[O-])Sc2nnc(C)n2-c2ccc(C)cc2)ccc1OCc1ccccc1F. The molecule has 0 aliphatic carbocycles. The minimum atomic E-state index is -0.567. The number of benzene rings is 3. The number of nitrogens with zero attached hydrogens (tertiary/aromatic N) is 4. The molecule has 0 bridgehead atoms. The summed E-state index contributed by atoms with van der Waals surface area (Å²) in [5.74, 6) is 1.18. The van der Waals surface area contributed by atoms with Crippen molar-refractivity contribution in [2.75, 3.05) is 13.2 Å². The third kappa shape index (κ3) is 6.45. The highest BCUT2D eigenvalue weighted by Crippen LogP contribution is 2.39. The van der Waals surface area contributed by atoms with E-state index in [0.717, 1.165) is 11.3 Å². The van der Waals surface area contributed by atoms with Crippen LogP contribution in [0.15, 0.2) is 71.9 Å². The number of thioether (sulfide) groups is 1. The van der Waals surface area contributed by atoms with Crippen LogP contribution in [-0.2, 0) is 6.61 Å². The highest BCUT2D eigenvalue weighted by Gasteiger charge is 2.25. The summed E-state index contributed by atoms with van der Waals surface area (Å²) in [7, 11) is 0. The zero-order valence-corrected chi connectivity index (χ0v) is 21.6. The smallest absolute Gasteiger partial charge is 0.220 e. The van der Waals surface area contributed by atoms with Crippen molar-refractivity contribution in [1.29, 1.82) is 0 Å². The number of aryl methyl sites for hydroxylation is 2. The summed E-state index contributed by atoms with van der Waals surface area (Å²) in [6.07, 6.45) is 0. The van der Waals surface area contributed by atoms with E-state index in [1.54, 1.807) is 36.4 Å². The molecule has 0 amide bonds. The van der Waals surface area contributed by atoms with Gasteiger partial charge >= 0.3 is 0 Å². The Labute approximate surface area is 218 Å². The molecule has 4 rings (SSSR count). The minimum absolute atomic E-state index is 0.0259. The van der Waals surface area contributed by atoms with E-state index in [4.69, 9.17) is 9.47 Å². The van der Waals surface area contributed by atoms with Crippen LogP contribution in [-0.4, -0.2) is 32.8 Å². The summed E-state index contributed by atoms with van der Waals surface area (Å²) < 4.78 is 27.5. The molecule has 3 aromatic carbocycles. The highest BCUT2D eigenvalue weighted by molar-refractivity contribution is 7.99. The lowest BCUT2D eigenvalue weighted by atomic mass is 10.1. The van der Waals surface area contributed by atoms with Crippen LogP contribution < -0.4 is 9.47 Å². The zero-order chi connectivity index (χ0) is 26.4. The van der Waals surface area contributed by atoms with Crippen molar-refractivity contribution >= 4 is 11.8 Å². The van der Waals surface area contributed by atoms with Gasteiger partial charge in [-0.25, -0.2) is 4.39 Å². The number of rotatable bonds is 11. The average molecular weight is 523 g/mol. The van der Waals surface area contributed by atoms with Gasteiger partial charge in [-0.05, 0) is 56.7 Å². The number of hydrogen-bond donors (Lipinski definition) is 0. The fraction of sp³-hybridized carbons (Fsp3) is 0.259. The largest absolute Gasteiger partial charge is 0.490 e. The van der Waals surface area contributed by atoms with E-state index in [1.807, 2.05) is 49.6 Å². The number of ether oxygens (including phenoxy) is 2. The summed E-state index contributed by atoms with van der Waals surface area (Å²) in [5, 5.41) is 20.1. The second-order valence-electron chi connectivity index (χ2n) is 8.34. The Morgan fingerprint density at radius 2 is 1.78 bits per heavy atom. The fourth-order valence-corrected chi connectivity index (χ4v) is 4.93. The van der Waals surface area contributed by atoms with Crippen molar-refractivity contribution in [3.8, 4) is 17.2 Å². The third-order valence-corrected chi connectivity index (χ3v) is 6.81. The number of aromatic nitrogens is 3. The quantitative estimate of drug-likeness (QED) is 0.133. The lowest BCUT2D eigenvalue weighted by molar-refractivity contribution is -0.479.